The second kappa shape index (κ2) is 7.75. The van der Waals surface area contributed by atoms with Gasteiger partial charge in [-0.25, -0.2) is 0 Å². The molecule has 0 unspecified atom stereocenters. The second-order valence-corrected chi connectivity index (χ2v) is 7.58. The summed E-state index contributed by atoms with van der Waals surface area (Å²) in [7, 11) is 0. The molecule has 28 heavy (non-hydrogen) atoms. The Balaban J connectivity index is 2.01. The van der Waals surface area contributed by atoms with Gasteiger partial charge in [-0.15, -0.1) is 10.2 Å². The third-order valence-corrected chi connectivity index (χ3v) is 5.42. The molecule has 4 heteroatoms. The van der Waals surface area contributed by atoms with E-state index in [0.717, 1.165) is 39.2 Å². The van der Waals surface area contributed by atoms with E-state index in [1.165, 1.54) is 5.56 Å². The van der Waals surface area contributed by atoms with Gasteiger partial charge in [0, 0.05) is 16.7 Å². The Morgan fingerprint density at radius 3 is 1.93 bits per heavy atom. The van der Waals surface area contributed by atoms with Gasteiger partial charge in [0.05, 0.1) is 15.7 Å². The van der Waals surface area contributed by atoms with E-state index in [4.69, 9.17) is 23.2 Å². The van der Waals surface area contributed by atoms with Crippen LogP contribution in [-0.4, -0.2) is 10.2 Å². The van der Waals surface area contributed by atoms with Crippen LogP contribution in [0.2, 0.25) is 10.0 Å². The van der Waals surface area contributed by atoms with Gasteiger partial charge in [-0.3, -0.25) is 0 Å². The van der Waals surface area contributed by atoms with Gasteiger partial charge < -0.3 is 0 Å². The molecular weight excluding hydrogens is 387 g/mol. The molecule has 0 N–H and O–H groups in total. The summed E-state index contributed by atoms with van der Waals surface area (Å²) in [6.07, 6.45) is 0. The summed E-state index contributed by atoms with van der Waals surface area (Å²) >= 11 is 12.9. The number of nitrogens with zero attached hydrogens (tertiary/aromatic N) is 2. The Hall–Kier alpha value is -2.68. The number of benzene rings is 3. The van der Waals surface area contributed by atoms with E-state index in [9.17, 15) is 0 Å². The van der Waals surface area contributed by atoms with Crippen LogP contribution in [0.5, 0.6) is 0 Å². The quantitative estimate of drug-likeness (QED) is 0.355. The molecule has 0 aliphatic carbocycles. The van der Waals surface area contributed by atoms with Gasteiger partial charge in [0.2, 0.25) is 0 Å². The highest BCUT2D eigenvalue weighted by Gasteiger charge is 2.17. The van der Waals surface area contributed by atoms with Gasteiger partial charge in [0.15, 0.2) is 0 Å². The SMILES string of the molecule is Cc1ccc(C)c(-c2cc(-c3ccccc3Cl)nnc2-c2ccccc2Cl)c1. The Morgan fingerprint density at radius 2 is 1.25 bits per heavy atom. The largest absolute Gasteiger partial charge is 0.150 e. The molecular formula is C24H18Cl2N2. The summed E-state index contributed by atoms with van der Waals surface area (Å²) in [5.74, 6) is 0. The van der Waals surface area contributed by atoms with Gasteiger partial charge in [-0.2, -0.15) is 0 Å². The monoisotopic (exact) mass is 404 g/mol. The van der Waals surface area contributed by atoms with Gasteiger partial charge in [0.1, 0.15) is 5.69 Å². The summed E-state index contributed by atoms with van der Waals surface area (Å²) in [5, 5.41) is 10.3. The Morgan fingerprint density at radius 1 is 0.607 bits per heavy atom. The maximum atomic E-state index is 6.48. The van der Waals surface area contributed by atoms with Crippen LogP contribution < -0.4 is 0 Å². The average molecular weight is 405 g/mol. The van der Waals surface area contributed by atoms with E-state index in [0.29, 0.717) is 10.0 Å². The molecule has 0 radical (unpaired) electrons. The van der Waals surface area contributed by atoms with Crippen LogP contribution in [0.15, 0.2) is 72.8 Å². The van der Waals surface area contributed by atoms with E-state index in [1.807, 2.05) is 48.5 Å². The third-order valence-electron chi connectivity index (χ3n) is 4.76. The van der Waals surface area contributed by atoms with Crippen molar-refractivity contribution < 1.29 is 0 Å². The molecule has 3 aromatic carbocycles. The standard InChI is InChI=1S/C24H18Cl2N2/c1-15-11-12-16(2)19(13-15)20-14-23(17-7-3-5-9-21(17)25)27-28-24(20)18-8-4-6-10-22(18)26/h3-14H,1-2H3. The smallest absolute Gasteiger partial charge is 0.102 e. The fourth-order valence-corrected chi connectivity index (χ4v) is 3.73. The topological polar surface area (TPSA) is 25.8 Å². The van der Waals surface area contributed by atoms with E-state index >= 15 is 0 Å². The maximum absolute atomic E-state index is 6.48. The predicted molar refractivity (Wildman–Crippen MR) is 118 cm³/mol. The lowest BCUT2D eigenvalue weighted by molar-refractivity contribution is 1.05. The molecule has 0 amide bonds. The minimum atomic E-state index is 0.647. The molecule has 0 aliphatic heterocycles. The van der Waals surface area contributed by atoms with Crippen molar-refractivity contribution in [2.75, 3.05) is 0 Å². The fraction of sp³-hybridized carbons (Fsp3) is 0.0833. The normalized spacial score (nSPS) is 10.9. The molecule has 4 aromatic rings. The second-order valence-electron chi connectivity index (χ2n) is 6.77. The highest BCUT2D eigenvalue weighted by Crippen LogP contribution is 2.38. The zero-order valence-electron chi connectivity index (χ0n) is 15.6. The average Bonchev–Trinajstić information content (AvgIpc) is 2.70. The molecule has 0 fully saturated rings. The van der Waals surface area contributed by atoms with E-state index in [1.54, 1.807) is 0 Å². The van der Waals surface area contributed by atoms with Crippen molar-refractivity contribution in [1.82, 2.24) is 10.2 Å². The highest BCUT2D eigenvalue weighted by molar-refractivity contribution is 6.33. The summed E-state index contributed by atoms with van der Waals surface area (Å²) in [5.41, 5.74) is 7.65. The minimum Gasteiger partial charge on any atom is -0.150 e. The van der Waals surface area contributed by atoms with Gasteiger partial charge in [0.25, 0.3) is 0 Å². The van der Waals surface area contributed by atoms with E-state index in [-0.39, 0.29) is 0 Å². The number of hydrogen-bond donors (Lipinski definition) is 0. The van der Waals surface area contributed by atoms with Crippen LogP contribution in [0, 0.1) is 13.8 Å². The molecule has 4 rings (SSSR count). The number of rotatable bonds is 3. The number of halogens is 2. The molecule has 1 heterocycles. The molecule has 138 valence electrons. The summed E-state index contributed by atoms with van der Waals surface area (Å²) in [4.78, 5) is 0. The summed E-state index contributed by atoms with van der Waals surface area (Å²) < 4.78 is 0. The zero-order valence-corrected chi connectivity index (χ0v) is 17.1. The zero-order chi connectivity index (χ0) is 19.7. The third kappa shape index (κ3) is 3.54. The lowest BCUT2D eigenvalue weighted by Gasteiger charge is -2.14. The fourth-order valence-electron chi connectivity index (χ4n) is 3.28. The first-order valence-corrected chi connectivity index (χ1v) is 9.75. The lowest BCUT2D eigenvalue weighted by Crippen LogP contribution is -1.98. The van der Waals surface area contributed by atoms with Crippen LogP contribution in [-0.2, 0) is 0 Å². The molecule has 0 spiro atoms. The number of hydrogen-bond acceptors (Lipinski definition) is 2. The van der Waals surface area contributed by atoms with Gasteiger partial charge >= 0.3 is 0 Å². The van der Waals surface area contributed by atoms with E-state index < -0.39 is 0 Å². The van der Waals surface area contributed by atoms with Crippen molar-refractivity contribution in [3.63, 3.8) is 0 Å². The Kier molecular flexibility index (Phi) is 5.17. The maximum Gasteiger partial charge on any atom is 0.102 e. The van der Waals surface area contributed by atoms with E-state index in [2.05, 4.69) is 48.3 Å². The molecule has 2 nitrogen and oxygen atoms in total. The molecule has 0 saturated carbocycles. The number of aromatic nitrogens is 2. The van der Waals surface area contributed by atoms with Crippen LogP contribution in [0.25, 0.3) is 33.6 Å². The highest BCUT2D eigenvalue weighted by atomic mass is 35.5. The lowest BCUT2D eigenvalue weighted by atomic mass is 9.94. The van der Waals surface area contributed by atoms with Crippen molar-refractivity contribution in [2.45, 2.75) is 13.8 Å². The minimum absolute atomic E-state index is 0.647. The summed E-state index contributed by atoms with van der Waals surface area (Å²) in [6.45, 7) is 4.18. The Bertz CT molecular complexity index is 1170. The van der Waals surface area contributed by atoms with Gasteiger partial charge in [-0.1, -0.05) is 83.4 Å². The molecule has 0 aliphatic rings. The first-order chi connectivity index (χ1) is 13.5. The van der Waals surface area contributed by atoms with Crippen molar-refractivity contribution in [2.24, 2.45) is 0 Å². The van der Waals surface area contributed by atoms with Crippen LogP contribution in [0.3, 0.4) is 0 Å². The van der Waals surface area contributed by atoms with Crippen LogP contribution in [0.1, 0.15) is 11.1 Å². The first kappa shape index (κ1) is 18.7. The predicted octanol–water partition coefficient (Wildman–Crippen LogP) is 7.40. The summed E-state index contributed by atoms with van der Waals surface area (Å²) in [6, 6.07) is 23.8. The van der Waals surface area contributed by atoms with Crippen molar-refractivity contribution in [3.8, 4) is 33.6 Å². The first-order valence-electron chi connectivity index (χ1n) is 9.00. The molecule has 0 saturated heterocycles. The van der Waals surface area contributed by atoms with Crippen molar-refractivity contribution in [3.05, 3.63) is 94.0 Å². The van der Waals surface area contributed by atoms with Gasteiger partial charge in [-0.05, 0) is 43.2 Å². The molecule has 1 aromatic heterocycles. The molecule has 0 atom stereocenters. The molecule has 0 bridgehead atoms. The number of aryl methyl sites for hydroxylation is 2. The van der Waals surface area contributed by atoms with Crippen LogP contribution >= 0.6 is 23.2 Å². The van der Waals surface area contributed by atoms with Crippen molar-refractivity contribution >= 4 is 23.2 Å². The van der Waals surface area contributed by atoms with Crippen molar-refractivity contribution in [1.29, 1.82) is 0 Å². The Labute approximate surface area is 174 Å². The van der Waals surface area contributed by atoms with Crippen LogP contribution in [0.4, 0.5) is 0 Å².